The smallest absolute Gasteiger partial charge is 0.351 e. The molecule has 1 aromatic heterocycles. The van der Waals surface area contributed by atoms with Crippen LogP contribution in [0.15, 0.2) is 67.0 Å². The van der Waals surface area contributed by atoms with E-state index in [1.165, 1.54) is 6.33 Å². The molecule has 0 bridgehead atoms. The molecule has 148 valence electrons. The first-order chi connectivity index (χ1) is 14.2. The third-order valence-corrected chi connectivity index (χ3v) is 5.10. The lowest BCUT2D eigenvalue weighted by Gasteiger charge is -2.25. The number of nitrogens with zero attached hydrogens (tertiary/aromatic N) is 5. The van der Waals surface area contributed by atoms with Crippen LogP contribution in [0, 0.1) is 10.1 Å². The van der Waals surface area contributed by atoms with Crippen molar-refractivity contribution in [2.75, 3.05) is 22.9 Å². The first kappa shape index (κ1) is 18.9. The van der Waals surface area contributed by atoms with Crippen molar-refractivity contribution in [3.63, 3.8) is 0 Å². The molecule has 0 unspecified atom stereocenters. The Labute approximate surface area is 169 Å². The number of hydrogen-bond donors (Lipinski definition) is 0. The Morgan fingerprint density at radius 3 is 1.97 bits per heavy atom. The van der Waals surface area contributed by atoms with Crippen molar-refractivity contribution in [1.29, 1.82) is 0 Å². The molecule has 0 saturated carbocycles. The Bertz CT molecular complexity index is 918. The molecule has 1 aliphatic rings. The summed E-state index contributed by atoms with van der Waals surface area (Å²) in [4.78, 5) is 24.4. The highest BCUT2D eigenvalue weighted by Gasteiger charge is 2.31. The van der Waals surface area contributed by atoms with Crippen LogP contribution in [0.1, 0.15) is 24.0 Å². The molecule has 0 aliphatic carbocycles. The summed E-state index contributed by atoms with van der Waals surface area (Å²) >= 11 is 0. The van der Waals surface area contributed by atoms with E-state index in [2.05, 4.69) is 9.97 Å². The van der Waals surface area contributed by atoms with Crippen LogP contribution in [0.3, 0.4) is 0 Å². The Morgan fingerprint density at radius 1 is 0.897 bits per heavy atom. The fourth-order valence-corrected chi connectivity index (χ4v) is 3.73. The lowest BCUT2D eigenvalue weighted by Crippen LogP contribution is -2.26. The summed E-state index contributed by atoms with van der Waals surface area (Å²) in [5.41, 5.74) is 2.12. The molecule has 0 N–H and O–H groups in total. The molecular weight excluding hydrogens is 366 g/mol. The molecule has 0 atom stereocenters. The monoisotopic (exact) mass is 389 g/mol. The number of anilines is 2. The zero-order valence-corrected chi connectivity index (χ0v) is 16.1. The number of nitro groups is 1. The van der Waals surface area contributed by atoms with Crippen molar-refractivity contribution in [1.82, 2.24) is 9.97 Å². The quantitative estimate of drug-likeness (QED) is 0.445. The third-order valence-electron chi connectivity index (χ3n) is 5.10. The van der Waals surface area contributed by atoms with Gasteiger partial charge >= 0.3 is 5.69 Å². The number of hydrogen-bond acceptors (Lipinski definition) is 6. The van der Waals surface area contributed by atoms with Crippen molar-refractivity contribution in [3.8, 4) is 0 Å². The second-order valence-electron chi connectivity index (χ2n) is 7.15. The van der Waals surface area contributed by atoms with Gasteiger partial charge in [-0.1, -0.05) is 60.7 Å². The van der Waals surface area contributed by atoms with Gasteiger partial charge in [0.05, 0.1) is 4.92 Å². The second-order valence-corrected chi connectivity index (χ2v) is 7.15. The predicted octanol–water partition coefficient (Wildman–Crippen LogP) is 4.19. The molecule has 4 rings (SSSR count). The second kappa shape index (κ2) is 8.68. The summed E-state index contributed by atoms with van der Waals surface area (Å²) in [6.07, 6.45) is 3.49. The van der Waals surface area contributed by atoms with Crippen LogP contribution < -0.4 is 9.80 Å². The summed E-state index contributed by atoms with van der Waals surface area (Å²) < 4.78 is 0. The first-order valence-electron chi connectivity index (χ1n) is 9.79. The minimum atomic E-state index is -0.341. The van der Waals surface area contributed by atoms with Crippen molar-refractivity contribution in [2.45, 2.75) is 25.9 Å². The first-order valence-corrected chi connectivity index (χ1v) is 9.79. The molecule has 1 saturated heterocycles. The Morgan fingerprint density at radius 2 is 1.45 bits per heavy atom. The van der Waals surface area contributed by atoms with Gasteiger partial charge in [0, 0.05) is 26.2 Å². The lowest BCUT2D eigenvalue weighted by molar-refractivity contribution is -0.383. The maximum atomic E-state index is 12.1. The van der Waals surface area contributed by atoms with Crippen LogP contribution in [0.2, 0.25) is 0 Å². The molecule has 1 aliphatic heterocycles. The van der Waals surface area contributed by atoms with Crippen molar-refractivity contribution in [2.24, 2.45) is 0 Å². The van der Waals surface area contributed by atoms with Gasteiger partial charge < -0.3 is 9.80 Å². The van der Waals surface area contributed by atoms with Gasteiger partial charge in [-0.2, -0.15) is 0 Å². The summed E-state index contributed by atoms with van der Waals surface area (Å²) in [5, 5.41) is 12.1. The predicted molar refractivity (Wildman–Crippen MR) is 113 cm³/mol. The highest BCUT2D eigenvalue weighted by molar-refractivity contribution is 5.71. The van der Waals surface area contributed by atoms with E-state index in [-0.39, 0.29) is 10.6 Å². The standard InChI is InChI=1S/C22H23N5O2/c28-27(29)20-21(25-13-7-8-14-25)23-17-24-22(20)26(15-18-9-3-1-4-10-18)16-19-11-5-2-6-12-19/h1-6,9-12,17H,7-8,13-16H2. The maximum absolute atomic E-state index is 12.1. The van der Waals surface area contributed by atoms with Crippen molar-refractivity contribution < 1.29 is 4.92 Å². The maximum Gasteiger partial charge on any atom is 0.353 e. The van der Waals surface area contributed by atoms with Gasteiger partial charge in [0.15, 0.2) is 0 Å². The number of rotatable bonds is 7. The summed E-state index contributed by atoms with van der Waals surface area (Å²) in [6, 6.07) is 19.9. The molecule has 1 fully saturated rings. The Balaban J connectivity index is 1.76. The zero-order valence-electron chi connectivity index (χ0n) is 16.1. The van der Waals surface area contributed by atoms with Gasteiger partial charge in [0.25, 0.3) is 0 Å². The van der Waals surface area contributed by atoms with E-state index in [1.54, 1.807) is 0 Å². The van der Waals surface area contributed by atoms with Crippen LogP contribution in [-0.2, 0) is 13.1 Å². The minimum Gasteiger partial charge on any atom is -0.351 e. The Kier molecular flexibility index (Phi) is 5.65. The molecule has 0 radical (unpaired) electrons. The molecule has 2 heterocycles. The molecule has 0 amide bonds. The molecule has 29 heavy (non-hydrogen) atoms. The molecule has 2 aromatic carbocycles. The molecule has 0 spiro atoms. The van der Waals surface area contributed by atoms with Gasteiger partial charge in [0.2, 0.25) is 11.6 Å². The van der Waals surface area contributed by atoms with E-state index in [4.69, 9.17) is 0 Å². The van der Waals surface area contributed by atoms with Crippen LogP contribution in [0.4, 0.5) is 17.3 Å². The van der Waals surface area contributed by atoms with E-state index in [1.807, 2.05) is 70.5 Å². The minimum absolute atomic E-state index is 0.0127. The van der Waals surface area contributed by atoms with E-state index >= 15 is 0 Å². The number of benzene rings is 2. The van der Waals surface area contributed by atoms with E-state index in [9.17, 15) is 10.1 Å². The normalized spacial score (nSPS) is 13.4. The largest absolute Gasteiger partial charge is 0.353 e. The van der Waals surface area contributed by atoms with Gasteiger partial charge in [0.1, 0.15) is 6.33 Å². The molecular formula is C22H23N5O2. The van der Waals surface area contributed by atoms with E-state index < -0.39 is 0 Å². The van der Waals surface area contributed by atoms with Gasteiger partial charge in [-0.15, -0.1) is 0 Å². The fourth-order valence-electron chi connectivity index (χ4n) is 3.73. The van der Waals surface area contributed by atoms with Crippen LogP contribution in [-0.4, -0.2) is 28.0 Å². The number of aromatic nitrogens is 2. The van der Waals surface area contributed by atoms with Crippen LogP contribution in [0.5, 0.6) is 0 Å². The van der Waals surface area contributed by atoms with Crippen LogP contribution >= 0.6 is 0 Å². The van der Waals surface area contributed by atoms with Gasteiger partial charge in [-0.3, -0.25) is 10.1 Å². The molecule has 3 aromatic rings. The van der Waals surface area contributed by atoms with Crippen molar-refractivity contribution >= 4 is 17.3 Å². The lowest BCUT2D eigenvalue weighted by atomic mass is 10.1. The van der Waals surface area contributed by atoms with Crippen LogP contribution in [0.25, 0.3) is 0 Å². The fraction of sp³-hybridized carbons (Fsp3) is 0.273. The SMILES string of the molecule is O=[N+]([O-])c1c(N2CCCC2)ncnc1N(Cc1ccccc1)Cc1ccccc1. The van der Waals surface area contributed by atoms with Crippen molar-refractivity contribution in [3.05, 3.63) is 88.2 Å². The Hall–Kier alpha value is -3.48. The highest BCUT2D eigenvalue weighted by atomic mass is 16.6. The van der Waals surface area contributed by atoms with E-state index in [0.29, 0.717) is 24.7 Å². The zero-order chi connectivity index (χ0) is 20.1. The average molecular weight is 389 g/mol. The van der Waals surface area contributed by atoms with Gasteiger partial charge in [-0.05, 0) is 24.0 Å². The highest BCUT2D eigenvalue weighted by Crippen LogP contribution is 2.36. The topological polar surface area (TPSA) is 75.4 Å². The van der Waals surface area contributed by atoms with E-state index in [0.717, 1.165) is 37.1 Å². The van der Waals surface area contributed by atoms with Gasteiger partial charge in [-0.25, -0.2) is 9.97 Å². The third kappa shape index (κ3) is 4.34. The molecule has 7 heteroatoms. The average Bonchev–Trinajstić information content (AvgIpc) is 3.29. The summed E-state index contributed by atoms with van der Waals surface area (Å²) in [5.74, 6) is 0.781. The molecule has 7 nitrogen and oxygen atoms in total. The summed E-state index contributed by atoms with van der Waals surface area (Å²) in [7, 11) is 0. The summed E-state index contributed by atoms with van der Waals surface area (Å²) in [6.45, 7) is 2.61.